The molecule has 21 heavy (non-hydrogen) atoms. The number of rotatable bonds is 7. The van der Waals surface area contributed by atoms with Gasteiger partial charge in [0.25, 0.3) is 0 Å². The average molecular weight is 287 g/mol. The van der Waals surface area contributed by atoms with E-state index in [1.165, 1.54) is 6.07 Å². The Bertz CT molecular complexity index is 583. The highest BCUT2D eigenvalue weighted by atomic mass is 19.1. The molecule has 0 aliphatic rings. The number of para-hydroxylation sites is 1. The van der Waals surface area contributed by atoms with Crippen LogP contribution in [0.25, 0.3) is 11.1 Å². The van der Waals surface area contributed by atoms with Gasteiger partial charge < -0.3 is 10.1 Å². The Kier molecular flexibility index (Phi) is 5.76. The summed E-state index contributed by atoms with van der Waals surface area (Å²) in [4.78, 5) is 0. The van der Waals surface area contributed by atoms with Crippen molar-refractivity contribution in [2.24, 2.45) is 0 Å². The highest BCUT2D eigenvalue weighted by Crippen LogP contribution is 2.32. The van der Waals surface area contributed by atoms with Crippen LogP contribution in [-0.2, 0) is 6.54 Å². The monoisotopic (exact) mass is 287 g/mol. The maximum Gasteiger partial charge on any atom is 0.127 e. The molecule has 2 aromatic rings. The molecule has 0 bridgehead atoms. The Balaban J connectivity index is 2.40. The van der Waals surface area contributed by atoms with E-state index in [0.717, 1.165) is 35.4 Å². The maximum atomic E-state index is 13.5. The molecule has 112 valence electrons. The maximum absolute atomic E-state index is 13.5. The zero-order chi connectivity index (χ0) is 15.1. The van der Waals surface area contributed by atoms with E-state index in [1.807, 2.05) is 37.3 Å². The van der Waals surface area contributed by atoms with Crippen LogP contribution in [0.5, 0.6) is 5.75 Å². The van der Waals surface area contributed by atoms with Crippen LogP contribution in [0.4, 0.5) is 4.39 Å². The van der Waals surface area contributed by atoms with Crippen LogP contribution in [0, 0.1) is 5.82 Å². The van der Waals surface area contributed by atoms with Gasteiger partial charge in [-0.1, -0.05) is 38.1 Å². The molecule has 0 aromatic heterocycles. The van der Waals surface area contributed by atoms with Crippen LogP contribution >= 0.6 is 0 Å². The van der Waals surface area contributed by atoms with Gasteiger partial charge in [-0.3, -0.25) is 0 Å². The summed E-state index contributed by atoms with van der Waals surface area (Å²) >= 11 is 0. The van der Waals surface area contributed by atoms with Crippen LogP contribution in [0.2, 0.25) is 0 Å². The van der Waals surface area contributed by atoms with E-state index in [4.69, 9.17) is 4.74 Å². The van der Waals surface area contributed by atoms with Crippen molar-refractivity contribution in [3.05, 3.63) is 53.8 Å². The minimum Gasteiger partial charge on any atom is -0.493 e. The van der Waals surface area contributed by atoms with Crippen molar-refractivity contribution in [3.8, 4) is 16.9 Å². The van der Waals surface area contributed by atoms with Gasteiger partial charge in [-0.25, -0.2) is 4.39 Å². The van der Waals surface area contributed by atoms with Gasteiger partial charge in [-0.2, -0.15) is 0 Å². The molecule has 0 spiro atoms. The van der Waals surface area contributed by atoms with Gasteiger partial charge >= 0.3 is 0 Å². The van der Waals surface area contributed by atoms with E-state index < -0.39 is 0 Å². The van der Waals surface area contributed by atoms with Crippen molar-refractivity contribution in [2.75, 3.05) is 13.2 Å². The third kappa shape index (κ3) is 4.05. The van der Waals surface area contributed by atoms with Gasteiger partial charge in [0.2, 0.25) is 0 Å². The van der Waals surface area contributed by atoms with Crippen LogP contribution in [0.1, 0.15) is 25.8 Å². The van der Waals surface area contributed by atoms with E-state index >= 15 is 0 Å². The Morgan fingerprint density at radius 1 is 1.05 bits per heavy atom. The molecule has 0 saturated heterocycles. The van der Waals surface area contributed by atoms with Gasteiger partial charge in [0.05, 0.1) is 6.61 Å². The minimum absolute atomic E-state index is 0.210. The third-order valence-corrected chi connectivity index (χ3v) is 3.27. The van der Waals surface area contributed by atoms with E-state index in [-0.39, 0.29) is 5.82 Å². The van der Waals surface area contributed by atoms with Crippen molar-refractivity contribution < 1.29 is 9.13 Å². The second kappa shape index (κ2) is 7.79. The molecule has 1 N–H and O–H groups in total. The summed E-state index contributed by atoms with van der Waals surface area (Å²) < 4.78 is 19.4. The lowest BCUT2D eigenvalue weighted by atomic mass is 9.98. The largest absolute Gasteiger partial charge is 0.493 e. The molecule has 0 fully saturated rings. The minimum atomic E-state index is -0.210. The molecular formula is C18H22FNO. The van der Waals surface area contributed by atoms with E-state index in [9.17, 15) is 4.39 Å². The van der Waals surface area contributed by atoms with Gasteiger partial charge in [-0.15, -0.1) is 0 Å². The smallest absolute Gasteiger partial charge is 0.127 e. The fourth-order valence-electron chi connectivity index (χ4n) is 2.26. The number of hydrogen-bond acceptors (Lipinski definition) is 2. The molecule has 0 unspecified atom stereocenters. The van der Waals surface area contributed by atoms with E-state index in [1.54, 1.807) is 6.07 Å². The van der Waals surface area contributed by atoms with Crippen LogP contribution in [-0.4, -0.2) is 13.2 Å². The van der Waals surface area contributed by atoms with Gasteiger partial charge in [-0.05, 0) is 42.3 Å². The lowest BCUT2D eigenvalue weighted by Crippen LogP contribution is -2.13. The first-order valence-electron chi connectivity index (χ1n) is 7.47. The molecular weight excluding hydrogens is 265 g/mol. The zero-order valence-electron chi connectivity index (χ0n) is 12.7. The van der Waals surface area contributed by atoms with Crippen molar-refractivity contribution in [1.82, 2.24) is 5.32 Å². The Hall–Kier alpha value is -1.87. The Labute approximate surface area is 126 Å². The number of benzene rings is 2. The Morgan fingerprint density at radius 3 is 2.62 bits per heavy atom. The number of hydrogen-bond donors (Lipinski definition) is 1. The molecule has 2 aromatic carbocycles. The molecule has 0 atom stereocenters. The van der Waals surface area contributed by atoms with Gasteiger partial charge in [0, 0.05) is 12.1 Å². The quantitative estimate of drug-likeness (QED) is 0.815. The highest BCUT2D eigenvalue weighted by Gasteiger charge is 2.11. The number of nitrogens with one attached hydrogen (secondary N) is 1. The molecule has 0 aliphatic heterocycles. The summed E-state index contributed by atoms with van der Waals surface area (Å²) in [6.07, 6.45) is 0.960. The summed E-state index contributed by atoms with van der Waals surface area (Å²) in [5.41, 5.74) is 2.98. The third-order valence-electron chi connectivity index (χ3n) is 3.27. The normalized spacial score (nSPS) is 10.6. The summed E-state index contributed by atoms with van der Waals surface area (Å²) in [6, 6.07) is 12.8. The van der Waals surface area contributed by atoms with Crippen molar-refractivity contribution in [1.29, 1.82) is 0 Å². The predicted octanol–water partition coefficient (Wildman–Crippen LogP) is 4.39. The fourth-order valence-corrected chi connectivity index (χ4v) is 2.26. The SMILES string of the molecule is CCCOc1ccccc1-c1ccc(F)cc1CNCC. The van der Waals surface area contributed by atoms with Gasteiger partial charge in [0.15, 0.2) is 0 Å². The lowest BCUT2D eigenvalue weighted by Gasteiger charge is -2.15. The first-order valence-corrected chi connectivity index (χ1v) is 7.47. The molecule has 3 heteroatoms. The topological polar surface area (TPSA) is 21.3 Å². The van der Waals surface area contributed by atoms with Crippen LogP contribution in [0.3, 0.4) is 0 Å². The predicted molar refractivity (Wildman–Crippen MR) is 85.0 cm³/mol. The van der Waals surface area contributed by atoms with Gasteiger partial charge in [0.1, 0.15) is 11.6 Å². The van der Waals surface area contributed by atoms with Crippen molar-refractivity contribution >= 4 is 0 Å². The summed E-state index contributed by atoms with van der Waals surface area (Å²) in [5.74, 6) is 0.641. The van der Waals surface area contributed by atoms with Crippen molar-refractivity contribution in [2.45, 2.75) is 26.8 Å². The van der Waals surface area contributed by atoms with Crippen LogP contribution in [0.15, 0.2) is 42.5 Å². The summed E-state index contributed by atoms with van der Waals surface area (Å²) in [6.45, 7) is 6.30. The second-order valence-electron chi connectivity index (χ2n) is 4.93. The molecule has 2 rings (SSSR count). The van der Waals surface area contributed by atoms with Crippen LogP contribution < -0.4 is 10.1 Å². The average Bonchev–Trinajstić information content (AvgIpc) is 2.51. The first kappa shape index (κ1) is 15.5. The van der Waals surface area contributed by atoms with E-state index in [2.05, 4.69) is 12.2 Å². The fraction of sp³-hybridized carbons (Fsp3) is 0.333. The standard InChI is InChI=1S/C18H22FNO/c1-3-11-21-18-8-6-5-7-17(18)16-10-9-15(19)12-14(16)13-20-4-2/h5-10,12,20H,3-4,11,13H2,1-2H3. The molecule has 0 heterocycles. The summed E-state index contributed by atoms with van der Waals surface area (Å²) in [5, 5.41) is 3.26. The summed E-state index contributed by atoms with van der Waals surface area (Å²) in [7, 11) is 0. The van der Waals surface area contributed by atoms with E-state index in [0.29, 0.717) is 13.2 Å². The molecule has 2 nitrogen and oxygen atoms in total. The highest BCUT2D eigenvalue weighted by molar-refractivity contribution is 5.73. The lowest BCUT2D eigenvalue weighted by molar-refractivity contribution is 0.318. The number of halogens is 1. The molecule has 0 saturated carbocycles. The first-order chi connectivity index (χ1) is 10.3. The van der Waals surface area contributed by atoms with Crippen molar-refractivity contribution in [3.63, 3.8) is 0 Å². The number of ether oxygens (including phenoxy) is 1. The molecule has 0 amide bonds. The zero-order valence-corrected chi connectivity index (χ0v) is 12.7. The Morgan fingerprint density at radius 2 is 1.86 bits per heavy atom. The molecule has 0 aliphatic carbocycles. The second-order valence-corrected chi connectivity index (χ2v) is 4.93. The molecule has 0 radical (unpaired) electrons.